The van der Waals surface area contributed by atoms with Gasteiger partial charge in [0.25, 0.3) is 0 Å². The number of halogens is 1. The molecule has 4 nitrogen and oxygen atoms in total. The van der Waals surface area contributed by atoms with Gasteiger partial charge in [-0.3, -0.25) is 4.79 Å². The first-order chi connectivity index (χ1) is 12.0. The smallest absolute Gasteiger partial charge is 0.328 e. The van der Waals surface area contributed by atoms with Crippen LogP contribution in [-0.2, 0) is 16.0 Å². The van der Waals surface area contributed by atoms with E-state index < -0.39 is 11.9 Å². The van der Waals surface area contributed by atoms with Gasteiger partial charge in [0.15, 0.2) is 0 Å². The zero-order chi connectivity index (χ0) is 18.2. The van der Waals surface area contributed by atoms with Crippen molar-refractivity contribution < 1.29 is 14.7 Å². The van der Waals surface area contributed by atoms with Gasteiger partial charge in [-0.15, -0.1) is 0 Å². The van der Waals surface area contributed by atoms with Crippen molar-refractivity contribution in [3.8, 4) is 0 Å². The quantitative estimate of drug-likeness (QED) is 0.740. The van der Waals surface area contributed by atoms with Gasteiger partial charge in [-0.1, -0.05) is 54.1 Å². The van der Waals surface area contributed by atoms with Crippen LogP contribution in [0.15, 0.2) is 66.7 Å². The number of carbonyl (C=O) groups excluding carboxylic acids is 1. The molecule has 0 heterocycles. The second-order valence-electron chi connectivity index (χ2n) is 5.82. The van der Waals surface area contributed by atoms with Crippen molar-refractivity contribution in [2.75, 3.05) is 0 Å². The number of hydrogen-bond donors (Lipinski definition) is 2. The summed E-state index contributed by atoms with van der Waals surface area (Å²) >= 11 is 5.98. The first-order valence-electron chi connectivity index (χ1n) is 7.96. The van der Waals surface area contributed by atoms with Gasteiger partial charge in [0.05, 0.1) is 0 Å². The van der Waals surface area contributed by atoms with Crippen molar-refractivity contribution in [1.82, 2.24) is 5.32 Å². The topological polar surface area (TPSA) is 66.4 Å². The summed E-state index contributed by atoms with van der Waals surface area (Å²) in [5, 5.41) is 12.1. The second-order valence-corrected chi connectivity index (χ2v) is 6.25. The minimum atomic E-state index is -1.15. The number of carbonyl (C=O) groups is 2. The molecule has 0 aromatic heterocycles. The van der Waals surface area contributed by atoms with E-state index in [-0.39, 0.29) is 12.0 Å². The molecule has 0 spiro atoms. The third-order valence-electron chi connectivity index (χ3n) is 3.95. The number of amides is 1. The summed E-state index contributed by atoms with van der Waals surface area (Å²) in [6.07, 6.45) is 2.60. The molecule has 2 unspecified atom stereocenters. The largest absolute Gasteiger partial charge is 0.478 e. The third kappa shape index (κ3) is 6.08. The summed E-state index contributed by atoms with van der Waals surface area (Å²) in [7, 11) is 0. The van der Waals surface area contributed by atoms with E-state index in [1.165, 1.54) is 0 Å². The van der Waals surface area contributed by atoms with Gasteiger partial charge in [0.2, 0.25) is 5.91 Å². The molecular weight excluding hydrogens is 338 g/mol. The van der Waals surface area contributed by atoms with Gasteiger partial charge in [-0.25, -0.2) is 4.79 Å². The van der Waals surface area contributed by atoms with E-state index in [1.54, 1.807) is 0 Å². The summed E-state index contributed by atoms with van der Waals surface area (Å²) in [6.45, 7) is 1.91. The molecule has 2 atom stereocenters. The molecule has 2 aromatic rings. The molecule has 0 bridgehead atoms. The molecule has 5 heteroatoms. The lowest BCUT2D eigenvalue weighted by Gasteiger charge is -2.25. The van der Waals surface area contributed by atoms with Crippen LogP contribution in [0.3, 0.4) is 0 Å². The average Bonchev–Trinajstić information content (AvgIpc) is 2.59. The number of aliphatic carboxylic acids is 1. The van der Waals surface area contributed by atoms with Crippen LogP contribution in [0.4, 0.5) is 0 Å². The van der Waals surface area contributed by atoms with Crippen LogP contribution < -0.4 is 5.32 Å². The van der Waals surface area contributed by atoms with E-state index in [9.17, 15) is 9.59 Å². The maximum absolute atomic E-state index is 11.9. The SMILES string of the molecule is CC(NC(=O)/C=C\C(=O)O)C(Cc1ccccc1)c1ccc(Cl)cc1. The Kier molecular flexibility index (Phi) is 6.78. The molecule has 2 N–H and O–H groups in total. The Balaban J connectivity index is 2.19. The molecule has 2 aromatic carbocycles. The predicted molar refractivity (Wildman–Crippen MR) is 98.7 cm³/mol. The van der Waals surface area contributed by atoms with Crippen LogP contribution in [0.5, 0.6) is 0 Å². The van der Waals surface area contributed by atoms with Crippen molar-refractivity contribution in [2.45, 2.75) is 25.3 Å². The average molecular weight is 358 g/mol. The minimum absolute atomic E-state index is 0.0295. The molecule has 2 rings (SSSR count). The van der Waals surface area contributed by atoms with Crippen molar-refractivity contribution in [3.63, 3.8) is 0 Å². The Morgan fingerprint density at radius 1 is 1.08 bits per heavy atom. The van der Waals surface area contributed by atoms with Gasteiger partial charge in [0, 0.05) is 29.1 Å². The Labute approximate surface area is 152 Å². The molecule has 0 saturated carbocycles. The van der Waals surface area contributed by atoms with Crippen molar-refractivity contribution in [3.05, 3.63) is 82.9 Å². The number of rotatable bonds is 7. The molecule has 0 fully saturated rings. The highest BCUT2D eigenvalue weighted by Gasteiger charge is 2.21. The summed E-state index contributed by atoms with van der Waals surface area (Å²) < 4.78 is 0. The maximum Gasteiger partial charge on any atom is 0.328 e. The third-order valence-corrected chi connectivity index (χ3v) is 4.20. The van der Waals surface area contributed by atoms with E-state index >= 15 is 0 Å². The molecule has 25 heavy (non-hydrogen) atoms. The summed E-state index contributed by atoms with van der Waals surface area (Å²) in [5.74, 6) is -1.55. The monoisotopic (exact) mass is 357 g/mol. The van der Waals surface area contributed by atoms with Crippen LogP contribution in [0.25, 0.3) is 0 Å². The molecule has 0 saturated heterocycles. The van der Waals surface area contributed by atoms with Gasteiger partial charge in [-0.2, -0.15) is 0 Å². The zero-order valence-corrected chi connectivity index (χ0v) is 14.6. The highest BCUT2D eigenvalue weighted by atomic mass is 35.5. The van der Waals surface area contributed by atoms with Crippen molar-refractivity contribution in [1.29, 1.82) is 0 Å². The molecule has 1 amide bonds. The molecular formula is C20H20ClNO3. The van der Waals surface area contributed by atoms with Crippen molar-refractivity contribution in [2.24, 2.45) is 0 Å². The summed E-state index contributed by atoms with van der Waals surface area (Å²) in [6, 6.07) is 17.4. The van der Waals surface area contributed by atoms with Gasteiger partial charge >= 0.3 is 5.97 Å². The van der Waals surface area contributed by atoms with E-state index in [2.05, 4.69) is 5.32 Å². The zero-order valence-electron chi connectivity index (χ0n) is 13.9. The highest BCUT2D eigenvalue weighted by Crippen LogP contribution is 2.26. The van der Waals surface area contributed by atoms with Crippen LogP contribution in [0.2, 0.25) is 5.02 Å². The number of carboxylic acid groups (broad SMARTS) is 1. The van der Waals surface area contributed by atoms with E-state index in [1.807, 2.05) is 61.5 Å². The van der Waals surface area contributed by atoms with Crippen molar-refractivity contribution >= 4 is 23.5 Å². The van der Waals surface area contributed by atoms with E-state index in [0.29, 0.717) is 5.02 Å². The Morgan fingerprint density at radius 2 is 1.72 bits per heavy atom. The first kappa shape index (κ1) is 18.7. The fraction of sp³-hybridized carbons (Fsp3) is 0.200. The first-order valence-corrected chi connectivity index (χ1v) is 8.34. The van der Waals surface area contributed by atoms with Gasteiger partial charge in [0.1, 0.15) is 0 Å². The van der Waals surface area contributed by atoms with Gasteiger partial charge in [-0.05, 0) is 36.6 Å². The lowest BCUT2D eigenvalue weighted by molar-refractivity contribution is -0.131. The molecule has 0 radical (unpaired) electrons. The second kappa shape index (κ2) is 9.04. The van der Waals surface area contributed by atoms with Crippen LogP contribution >= 0.6 is 11.6 Å². The van der Waals surface area contributed by atoms with Crippen LogP contribution in [0, 0.1) is 0 Å². The lowest BCUT2D eigenvalue weighted by atomic mass is 9.86. The molecule has 130 valence electrons. The fourth-order valence-electron chi connectivity index (χ4n) is 2.68. The molecule has 0 aliphatic carbocycles. The van der Waals surface area contributed by atoms with Crippen LogP contribution in [-0.4, -0.2) is 23.0 Å². The standard InChI is InChI=1S/C20H20ClNO3/c1-14(22-19(23)11-12-20(24)25)18(13-15-5-3-2-4-6-15)16-7-9-17(21)10-8-16/h2-12,14,18H,13H2,1H3,(H,22,23)(H,24,25)/b12-11-. The normalized spacial score (nSPS) is 13.4. The highest BCUT2D eigenvalue weighted by molar-refractivity contribution is 6.30. The number of nitrogens with one attached hydrogen (secondary N) is 1. The minimum Gasteiger partial charge on any atom is -0.478 e. The van der Waals surface area contributed by atoms with Crippen LogP contribution in [0.1, 0.15) is 24.0 Å². The Hall–Kier alpha value is -2.59. The fourth-order valence-corrected chi connectivity index (χ4v) is 2.81. The van der Waals surface area contributed by atoms with Gasteiger partial charge < -0.3 is 10.4 Å². The Bertz CT molecular complexity index is 741. The summed E-state index contributed by atoms with van der Waals surface area (Å²) in [5.41, 5.74) is 2.22. The number of benzene rings is 2. The molecule has 0 aliphatic rings. The summed E-state index contributed by atoms with van der Waals surface area (Å²) in [4.78, 5) is 22.5. The maximum atomic E-state index is 11.9. The van der Waals surface area contributed by atoms with E-state index in [0.717, 1.165) is 29.7 Å². The number of hydrogen-bond acceptors (Lipinski definition) is 2. The lowest BCUT2D eigenvalue weighted by Crippen LogP contribution is -2.37. The Morgan fingerprint density at radius 3 is 2.32 bits per heavy atom. The number of carboxylic acids is 1. The van der Waals surface area contributed by atoms with E-state index in [4.69, 9.17) is 16.7 Å². The molecule has 0 aliphatic heterocycles. The predicted octanol–water partition coefficient (Wildman–Crippen LogP) is 3.81.